The smallest absolute Gasteiger partial charge is 0.255 e. The lowest BCUT2D eigenvalue weighted by Crippen LogP contribution is -2.48. The summed E-state index contributed by atoms with van der Waals surface area (Å²) < 4.78 is 1.99. The number of nitriles is 1. The molecule has 8 nitrogen and oxygen atoms in total. The molecule has 2 aliphatic heterocycles. The minimum Gasteiger partial charge on any atom is -0.355 e. The van der Waals surface area contributed by atoms with Crippen LogP contribution in [0.3, 0.4) is 0 Å². The first kappa shape index (κ1) is 19.5. The standard InChI is InChI=1S/C23H25N7O/c1-28(15-20-6-8-26-27-20)13-18-4-5-21-19-9-16(12-30(21)23(18)31)11-29(14-19)22-17(10-24)3-2-7-25-22/h2-8,16,19H,9,11-15H2,1H3,(H,26,27)/t16-,19+/m0/s1. The Hall–Kier alpha value is -3.44. The van der Waals surface area contributed by atoms with Crippen molar-refractivity contribution in [2.75, 3.05) is 25.0 Å². The Bertz CT molecular complexity index is 1180. The highest BCUT2D eigenvalue weighted by Gasteiger charge is 2.36. The van der Waals surface area contributed by atoms with E-state index >= 15 is 0 Å². The van der Waals surface area contributed by atoms with E-state index in [0.717, 1.165) is 42.3 Å². The second-order valence-electron chi connectivity index (χ2n) is 8.64. The summed E-state index contributed by atoms with van der Waals surface area (Å²) in [5.41, 5.74) is 3.67. The third kappa shape index (κ3) is 3.73. The molecule has 3 aromatic heterocycles. The fraction of sp³-hybridized carbons (Fsp3) is 0.391. The van der Waals surface area contributed by atoms with Gasteiger partial charge in [0, 0.05) is 68.0 Å². The van der Waals surface area contributed by atoms with Crippen molar-refractivity contribution < 1.29 is 0 Å². The van der Waals surface area contributed by atoms with E-state index in [4.69, 9.17) is 0 Å². The molecule has 5 heterocycles. The lowest BCUT2D eigenvalue weighted by Gasteiger charge is -2.43. The fourth-order valence-electron chi connectivity index (χ4n) is 5.03. The van der Waals surface area contributed by atoms with Crippen LogP contribution in [0.4, 0.5) is 5.82 Å². The summed E-state index contributed by atoms with van der Waals surface area (Å²) in [6, 6.07) is 11.9. The van der Waals surface area contributed by atoms with E-state index in [1.807, 2.05) is 29.8 Å². The molecule has 8 heteroatoms. The van der Waals surface area contributed by atoms with E-state index in [2.05, 4.69) is 37.1 Å². The minimum absolute atomic E-state index is 0.118. The first-order chi connectivity index (χ1) is 15.1. The van der Waals surface area contributed by atoms with Gasteiger partial charge in [0.15, 0.2) is 0 Å². The predicted octanol–water partition coefficient (Wildman–Crippen LogP) is 2.09. The molecule has 2 aliphatic rings. The Kier molecular flexibility index (Phi) is 5.04. The van der Waals surface area contributed by atoms with Crippen molar-refractivity contribution in [3.63, 3.8) is 0 Å². The second-order valence-corrected chi connectivity index (χ2v) is 8.64. The molecule has 1 saturated heterocycles. The van der Waals surface area contributed by atoms with Crippen LogP contribution in [-0.2, 0) is 19.6 Å². The number of aromatic amines is 1. The number of hydrogen-bond donors (Lipinski definition) is 1. The van der Waals surface area contributed by atoms with Crippen molar-refractivity contribution in [3.8, 4) is 6.07 Å². The summed E-state index contributed by atoms with van der Waals surface area (Å²) in [5.74, 6) is 1.40. The Morgan fingerprint density at radius 3 is 2.90 bits per heavy atom. The van der Waals surface area contributed by atoms with Gasteiger partial charge in [0.25, 0.3) is 5.56 Å². The number of piperidine rings is 1. The molecule has 0 radical (unpaired) electrons. The molecule has 0 unspecified atom stereocenters. The molecule has 0 aliphatic carbocycles. The summed E-state index contributed by atoms with van der Waals surface area (Å²) >= 11 is 0. The molecule has 5 rings (SSSR count). The van der Waals surface area contributed by atoms with Gasteiger partial charge in [0.1, 0.15) is 11.9 Å². The van der Waals surface area contributed by atoms with E-state index in [9.17, 15) is 10.1 Å². The highest BCUT2D eigenvalue weighted by molar-refractivity contribution is 5.54. The van der Waals surface area contributed by atoms with Gasteiger partial charge in [-0.25, -0.2) is 4.98 Å². The predicted molar refractivity (Wildman–Crippen MR) is 116 cm³/mol. The van der Waals surface area contributed by atoms with Crippen LogP contribution in [0.25, 0.3) is 0 Å². The Morgan fingerprint density at radius 1 is 1.19 bits per heavy atom. The summed E-state index contributed by atoms with van der Waals surface area (Å²) in [5, 5.41) is 16.4. The van der Waals surface area contributed by atoms with Crippen molar-refractivity contribution >= 4 is 5.82 Å². The molecule has 0 saturated carbocycles. The third-order valence-electron chi connectivity index (χ3n) is 6.33. The number of H-pyrrole nitrogens is 1. The van der Waals surface area contributed by atoms with Crippen LogP contribution in [0.1, 0.15) is 34.9 Å². The summed E-state index contributed by atoms with van der Waals surface area (Å²) in [7, 11) is 2.01. The SMILES string of the molecule is CN(Cc1ccn[nH]1)Cc1ccc2n(c1=O)C[C@H]1C[C@@H]2CN(c2ncccc2C#N)C1. The van der Waals surface area contributed by atoms with E-state index in [1.54, 1.807) is 18.5 Å². The first-order valence-electron chi connectivity index (χ1n) is 10.6. The Balaban J connectivity index is 1.38. The van der Waals surface area contributed by atoms with Crippen LogP contribution < -0.4 is 10.5 Å². The maximum Gasteiger partial charge on any atom is 0.255 e. The van der Waals surface area contributed by atoms with Gasteiger partial charge in [-0.05, 0) is 43.7 Å². The molecule has 0 spiro atoms. The van der Waals surface area contributed by atoms with Crippen molar-refractivity contribution in [1.82, 2.24) is 24.6 Å². The number of nitrogens with one attached hydrogen (secondary N) is 1. The van der Waals surface area contributed by atoms with E-state index < -0.39 is 0 Å². The van der Waals surface area contributed by atoms with E-state index in [0.29, 0.717) is 31.1 Å². The first-order valence-corrected chi connectivity index (χ1v) is 10.6. The number of nitrogens with zero attached hydrogens (tertiary/aromatic N) is 6. The molecule has 3 aromatic rings. The molecular weight excluding hydrogens is 390 g/mol. The number of fused-ring (bicyclic) bond motifs is 4. The molecule has 1 fully saturated rings. The normalized spacial score (nSPS) is 19.8. The molecule has 0 aromatic carbocycles. The molecule has 2 bridgehead atoms. The zero-order chi connectivity index (χ0) is 21.4. The van der Waals surface area contributed by atoms with Gasteiger partial charge in [-0.3, -0.25) is 14.8 Å². The van der Waals surface area contributed by atoms with E-state index in [1.165, 1.54) is 0 Å². The second kappa shape index (κ2) is 8.00. The number of hydrogen-bond acceptors (Lipinski definition) is 6. The van der Waals surface area contributed by atoms with Gasteiger partial charge < -0.3 is 9.47 Å². The summed E-state index contributed by atoms with van der Waals surface area (Å²) in [6.07, 6.45) is 4.55. The molecular formula is C23H25N7O. The largest absolute Gasteiger partial charge is 0.355 e. The number of pyridine rings is 2. The van der Waals surface area contributed by atoms with Gasteiger partial charge in [-0.1, -0.05) is 6.07 Å². The molecule has 158 valence electrons. The average molecular weight is 416 g/mol. The summed E-state index contributed by atoms with van der Waals surface area (Å²) in [4.78, 5) is 22.1. The van der Waals surface area contributed by atoms with Crippen LogP contribution in [0, 0.1) is 17.2 Å². The Morgan fingerprint density at radius 2 is 2.10 bits per heavy atom. The highest BCUT2D eigenvalue weighted by Crippen LogP contribution is 2.37. The van der Waals surface area contributed by atoms with Crippen molar-refractivity contribution in [2.45, 2.75) is 32.0 Å². The van der Waals surface area contributed by atoms with Crippen molar-refractivity contribution in [1.29, 1.82) is 5.26 Å². The minimum atomic E-state index is 0.118. The van der Waals surface area contributed by atoms with Crippen LogP contribution in [0.15, 0.2) is 47.5 Å². The monoisotopic (exact) mass is 415 g/mol. The van der Waals surface area contributed by atoms with Gasteiger partial charge >= 0.3 is 0 Å². The van der Waals surface area contributed by atoms with E-state index in [-0.39, 0.29) is 11.5 Å². The zero-order valence-electron chi connectivity index (χ0n) is 17.5. The lowest BCUT2D eigenvalue weighted by molar-refractivity contribution is 0.275. The maximum atomic E-state index is 13.3. The quantitative estimate of drug-likeness (QED) is 0.686. The van der Waals surface area contributed by atoms with Crippen LogP contribution >= 0.6 is 0 Å². The van der Waals surface area contributed by atoms with Gasteiger partial charge in [-0.2, -0.15) is 10.4 Å². The third-order valence-corrected chi connectivity index (χ3v) is 6.33. The molecule has 0 amide bonds. The lowest BCUT2D eigenvalue weighted by atomic mass is 9.83. The molecule has 1 N–H and O–H groups in total. The topological polar surface area (TPSA) is 93.8 Å². The number of anilines is 1. The average Bonchev–Trinajstić information content (AvgIpc) is 3.28. The fourth-order valence-corrected chi connectivity index (χ4v) is 5.03. The molecule has 2 atom stereocenters. The van der Waals surface area contributed by atoms with Gasteiger partial charge in [0.2, 0.25) is 0 Å². The van der Waals surface area contributed by atoms with Gasteiger partial charge in [0.05, 0.1) is 5.56 Å². The van der Waals surface area contributed by atoms with Crippen molar-refractivity contribution in [3.05, 3.63) is 75.6 Å². The van der Waals surface area contributed by atoms with Crippen LogP contribution in [0.2, 0.25) is 0 Å². The highest BCUT2D eigenvalue weighted by atomic mass is 16.1. The van der Waals surface area contributed by atoms with Gasteiger partial charge in [-0.15, -0.1) is 0 Å². The van der Waals surface area contributed by atoms with Crippen molar-refractivity contribution in [2.24, 2.45) is 5.92 Å². The number of rotatable bonds is 5. The number of aromatic nitrogens is 4. The van der Waals surface area contributed by atoms with Crippen LogP contribution in [0.5, 0.6) is 0 Å². The summed E-state index contributed by atoms with van der Waals surface area (Å²) in [6.45, 7) is 3.62. The zero-order valence-corrected chi connectivity index (χ0v) is 17.5. The molecule has 31 heavy (non-hydrogen) atoms. The maximum absolute atomic E-state index is 13.3. The van der Waals surface area contributed by atoms with Crippen LogP contribution in [-0.4, -0.2) is 44.8 Å². The Labute approximate surface area is 180 Å².